The van der Waals surface area contributed by atoms with Gasteiger partial charge in [0.2, 0.25) is 5.91 Å². The molecule has 0 aliphatic carbocycles. The number of aliphatic hydroxyl groups is 2. The van der Waals surface area contributed by atoms with Crippen molar-refractivity contribution in [3.8, 4) is 0 Å². The van der Waals surface area contributed by atoms with Crippen LogP contribution < -0.4 is 10.8 Å². The van der Waals surface area contributed by atoms with E-state index >= 15 is 0 Å². The molecule has 0 bridgehead atoms. The highest BCUT2D eigenvalue weighted by Crippen LogP contribution is 2.23. The number of carbonyl (C=O) groups is 1. The molecule has 2 atom stereocenters. The van der Waals surface area contributed by atoms with E-state index in [4.69, 9.17) is 5.21 Å². The first-order valence-electron chi connectivity index (χ1n) is 8.30. The molecule has 6 heteroatoms. The number of hydrogen-bond acceptors (Lipinski definition) is 5. The molecular formula is C19H24N2O4. The van der Waals surface area contributed by atoms with Crippen LogP contribution in [0, 0.1) is 0 Å². The Balaban J connectivity index is 1.81. The molecule has 1 unspecified atom stereocenters. The second-order valence-corrected chi connectivity index (χ2v) is 5.88. The topological polar surface area (TPSA) is 102 Å². The Morgan fingerprint density at radius 1 is 0.920 bits per heavy atom. The van der Waals surface area contributed by atoms with Gasteiger partial charge in [-0.15, -0.1) is 0 Å². The summed E-state index contributed by atoms with van der Waals surface area (Å²) in [6, 6.07) is 16.5. The minimum Gasteiger partial charge on any atom is -0.388 e. The molecule has 2 rings (SSSR count). The van der Waals surface area contributed by atoms with Crippen molar-refractivity contribution >= 4 is 11.6 Å². The van der Waals surface area contributed by atoms with Crippen LogP contribution in [0.2, 0.25) is 0 Å². The Kier molecular flexibility index (Phi) is 7.40. The molecule has 0 aliphatic heterocycles. The average molecular weight is 344 g/mol. The number of aliphatic hydroxyl groups excluding tert-OH is 2. The summed E-state index contributed by atoms with van der Waals surface area (Å²) >= 11 is 0. The Bertz CT molecular complexity index is 646. The van der Waals surface area contributed by atoms with Gasteiger partial charge in [0.05, 0.1) is 6.10 Å². The van der Waals surface area contributed by atoms with Gasteiger partial charge in [-0.25, -0.2) is 5.48 Å². The molecule has 134 valence electrons. The van der Waals surface area contributed by atoms with Gasteiger partial charge in [0.15, 0.2) is 6.23 Å². The molecule has 0 aromatic heterocycles. The number of nitrogens with one attached hydrogen (secondary N) is 2. The lowest BCUT2D eigenvalue weighted by Gasteiger charge is -2.16. The van der Waals surface area contributed by atoms with Crippen molar-refractivity contribution in [2.45, 2.75) is 38.0 Å². The minimum absolute atomic E-state index is 0.240. The van der Waals surface area contributed by atoms with Gasteiger partial charge in [-0.05, 0) is 30.5 Å². The van der Waals surface area contributed by atoms with Gasteiger partial charge < -0.3 is 15.5 Å². The SMILES string of the molecule is O=C(CCCC[C@@H](O)c1ccc(NC(O)c2ccccc2)cc1)NO. The number of rotatable bonds is 9. The quantitative estimate of drug-likeness (QED) is 0.208. The lowest BCUT2D eigenvalue weighted by atomic mass is 10.0. The minimum atomic E-state index is -0.797. The number of hydroxylamine groups is 1. The molecule has 0 heterocycles. The molecule has 0 aliphatic rings. The normalized spacial score (nSPS) is 13.1. The fraction of sp³-hybridized carbons (Fsp3) is 0.316. The predicted octanol–water partition coefficient (Wildman–Crippen LogP) is 2.89. The summed E-state index contributed by atoms with van der Waals surface area (Å²) < 4.78 is 0. The van der Waals surface area contributed by atoms with Crippen molar-refractivity contribution in [2.75, 3.05) is 5.32 Å². The van der Waals surface area contributed by atoms with Gasteiger partial charge in [0, 0.05) is 17.7 Å². The predicted molar refractivity (Wildman–Crippen MR) is 94.8 cm³/mol. The molecule has 1 amide bonds. The van der Waals surface area contributed by atoms with E-state index in [1.54, 1.807) is 5.48 Å². The Labute approximate surface area is 147 Å². The van der Waals surface area contributed by atoms with E-state index in [9.17, 15) is 15.0 Å². The summed E-state index contributed by atoms with van der Waals surface area (Å²) in [5.74, 6) is -0.415. The maximum absolute atomic E-state index is 10.9. The van der Waals surface area contributed by atoms with Crippen molar-refractivity contribution in [3.05, 3.63) is 65.7 Å². The lowest BCUT2D eigenvalue weighted by molar-refractivity contribution is -0.129. The van der Waals surface area contributed by atoms with Crippen molar-refractivity contribution in [1.29, 1.82) is 0 Å². The standard InChI is InChI=1S/C19H24N2O4/c22-17(8-4-5-9-18(23)21-25)14-10-12-16(13-11-14)20-19(24)15-6-2-1-3-7-15/h1-3,6-7,10-13,17,19-20,22,24-25H,4-5,8-9H2,(H,21,23)/t17-,19?/m1/s1. The van der Waals surface area contributed by atoms with Gasteiger partial charge >= 0.3 is 0 Å². The summed E-state index contributed by atoms with van der Waals surface area (Å²) in [4.78, 5) is 10.9. The largest absolute Gasteiger partial charge is 0.388 e. The van der Waals surface area contributed by atoms with Crippen molar-refractivity contribution in [1.82, 2.24) is 5.48 Å². The van der Waals surface area contributed by atoms with Gasteiger partial charge in [-0.2, -0.15) is 0 Å². The van der Waals surface area contributed by atoms with Crippen LogP contribution >= 0.6 is 0 Å². The number of hydrogen-bond donors (Lipinski definition) is 5. The van der Waals surface area contributed by atoms with Crippen LogP contribution in [0.5, 0.6) is 0 Å². The third-order valence-corrected chi connectivity index (χ3v) is 3.97. The first-order chi connectivity index (χ1) is 12.1. The lowest BCUT2D eigenvalue weighted by Crippen LogP contribution is -2.17. The van der Waals surface area contributed by atoms with E-state index in [2.05, 4.69) is 5.32 Å². The van der Waals surface area contributed by atoms with Crippen molar-refractivity contribution in [2.24, 2.45) is 0 Å². The average Bonchev–Trinajstić information content (AvgIpc) is 2.66. The molecule has 2 aromatic rings. The van der Waals surface area contributed by atoms with Crippen LogP contribution in [0.4, 0.5) is 5.69 Å². The van der Waals surface area contributed by atoms with E-state index in [0.717, 1.165) is 16.8 Å². The van der Waals surface area contributed by atoms with E-state index in [0.29, 0.717) is 19.3 Å². The zero-order valence-corrected chi connectivity index (χ0v) is 13.9. The highest BCUT2D eigenvalue weighted by atomic mass is 16.5. The molecule has 0 spiro atoms. The number of unbranched alkanes of at least 4 members (excludes halogenated alkanes) is 1. The van der Waals surface area contributed by atoms with Gasteiger partial charge in [-0.3, -0.25) is 10.0 Å². The van der Waals surface area contributed by atoms with Crippen molar-refractivity contribution < 1.29 is 20.2 Å². The number of carbonyl (C=O) groups excluding carboxylic acids is 1. The highest BCUT2D eigenvalue weighted by Gasteiger charge is 2.10. The number of anilines is 1. The van der Waals surface area contributed by atoms with Gasteiger partial charge in [-0.1, -0.05) is 48.9 Å². The molecule has 25 heavy (non-hydrogen) atoms. The second-order valence-electron chi connectivity index (χ2n) is 5.88. The summed E-state index contributed by atoms with van der Waals surface area (Å²) in [6.45, 7) is 0. The fourth-order valence-electron chi connectivity index (χ4n) is 2.52. The molecule has 0 saturated carbocycles. The van der Waals surface area contributed by atoms with E-state index in [1.165, 1.54) is 0 Å². The Hall–Kier alpha value is -2.41. The smallest absolute Gasteiger partial charge is 0.243 e. The van der Waals surface area contributed by atoms with Crippen LogP contribution in [-0.4, -0.2) is 21.3 Å². The first kappa shape index (κ1) is 18.9. The molecule has 2 aromatic carbocycles. The van der Waals surface area contributed by atoms with E-state index in [-0.39, 0.29) is 6.42 Å². The van der Waals surface area contributed by atoms with E-state index in [1.807, 2.05) is 54.6 Å². The Morgan fingerprint density at radius 3 is 2.24 bits per heavy atom. The molecule has 6 nitrogen and oxygen atoms in total. The second kappa shape index (κ2) is 9.78. The maximum atomic E-state index is 10.9. The summed E-state index contributed by atoms with van der Waals surface area (Å²) in [5, 5.41) is 31.7. The fourth-order valence-corrected chi connectivity index (χ4v) is 2.52. The summed E-state index contributed by atoms with van der Waals surface area (Å²) in [6.07, 6.45) is 0.662. The van der Waals surface area contributed by atoms with Gasteiger partial charge in [0.1, 0.15) is 0 Å². The third-order valence-electron chi connectivity index (χ3n) is 3.97. The van der Waals surface area contributed by atoms with Crippen LogP contribution in [0.25, 0.3) is 0 Å². The summed E-state index contributed by atoms with van der Waals surface area (Å²) in [5.41, 5.74) is 3.91. The zero-order valence-electron chi connectivity index (χ0n) is 13.9. The van der Waals surface area contributed by atoms with E-state index < -0.39 is 18.2 Å². The summed E-state index contributed by atoms with van der Waals surface area (Å²) in [7, 11) is 0. The van der Waals surface area contributed by atoms with Crippen LogP contribution in [0.1, 0.15) is 49.1 Å². The molecular weight excluding hydrogens is 320 g/mol. The number of amides is 1. The van der Waals surface area contributed by atoms with Crippen LogP contribution in [0.15, 0.2) is 54.6 Å². The van der Waals surface area contributed by atoms with Crippen LogP contribution in [0.3, 0.4) is 0 Å². The highest BCUT2D eigenvalue weighted by molar-refractivity contribution is 5.74. The van der Waals surface area contributed by atoms with Crippen molar-refractivity contribution in [3.63, 3.8) is 0 Å². The first-order valence-corrected chi connectivity index (χ1v) is 8.30. The van der Waals surface area contributed by atoms with Gasteiger partial charge in [0.25, 0.3) is 0 Å². The monoisotopic (exact) mass is 344 g/mol. The Morgan fingerprint density at radius 2 is 1.60 bits per heavy atom. The van der Waals surface area contributed by atoms with Crippen LogP contribution in [-0.2, 0) is 4.79 Å². The molecule has 5 N–H and O–H groups in total. The maximum Gasteiger partial charge on any atom is 0.243 e. The third kappa shape index (κ3) is 6.19. The molecule has 0 radical (unpaired) electrons. The zero-order chi connectivity index (χ0) is 18.1. The molecule has 0 saturated heterocycles. The molecule has 0 fully saturated rings. The number of benzene rings is 2.